The standard InChI is InChI=1S/C15H19FN6/c16-10-5-7-11(8-6-10)19-14-9-18-22-15(21-14)20-13-4-2-1-3-12(13)17/h5-9,12-13H,1-4,17H2,(H2,19,20,21,22)/t12-,13+/m0/s1. The van der Waals surface area contributed by atoms with Crippen molar-refractivity contribution in [3.05, 3.63) is 36.3 Å². The van der Waals surface area contributed by atoms with Crippen LogP contribution in [0.25, 0.3) is 0 Å². The van der Waals surface area contributed by atoms with E-state index in [9.17, 15) is 4.39 Å². The van der Waals surface area contributed by atoms with Gasteiger partial charge >= 0.3 is 0 Å². The molecule has 116 valence electrons. The average molecular weight is 302 g/mol. The van der Waals surface area contributed by atoms with Crippen molar-refractivity contribution in [3.8, 4) is 0 Å². The predicted molar refractivity (Wildman–Crippen MR) is 83.4 cm³/mol. The van der Waals surface area contributed by atoms with Crippen LogP contribution in [-0.4, -0.2) is 27.3 Å². The summed E-state index contributed by atoms with van der Waals surface area (Å²) in [6, 6.07) is 6.35. The minimum Gasteiger partial charge on any atom is -0.349 e. The van der Waals surface area contributed by atoms with Gasteiger partial charge in [0, 0.05) is 17.8 Å². The summed E-state index contributed by atoms with van der Waals surface area (Å²) in [4.78, 5) is 4.37. The summed E-state index contributed by atoms with van der Waals surface area (Å²) in [5.74, 6) is 0.725. The lowest BCUT2D eigenvalue weighted by atomic mass is 9.91. The Hall–Kier alpha value is -2.28. The van der Waals surface area contributed by atoms with Gasteiger partial charge in [-0.15, -0.1) is 5.10 Å². The SMILES string of the molecule is N[C@H]1CCCC[C@H]1Nc1nncc(Nc2ccc(F)cc2)n1. The first-order valence-electron chi connectivity index (χ1n) is 7.45. The fourth-order valence-corrected chi connectivity index (χ4v) is 2.61. The van der Waals surface area contributed by atoms with Crippen LogP contribution in [0.2, 0.25) is 0 Å². The topological polar surface area (TPSA) is 88.8 Å². The Balaban J connectivity index is 1.68. The molecule has 2 atom stereocenters. The van der Waals surface area contributed by atoms with Crippen LogP contribution in [0, 0.1) is 5.82 Å². The number of rotatable bonds is 4. The molecule has 0 saturated heterocycles. The van der Waals surface area contributed by atoms with E-state index in [1.807, 2.05) is 0 Å². The fourth-order valence-electron chi connectivity index (χ4n) is 2.61. The van der Waals surface area contributed by atoms with Gasteiger partial charge in [0.25, 0.3) is 0 Å². The molecular formula is C15H19FN6. The molecule has 1 heterocycles. The number of hydrogen-bond donors (Lipinski definition) is 3. The van der Waals surface area contributed by atoms with Gasteiger partial charge in [0.05, 0.1) is 6.20 Å². The maximum absolute atomic E-state index is 12.9. The van der Waals surface area contributed by atoms with Gasteiger partial charge in [-0.25, -0.2) is 4.39 Å². The van der Waals surface area contributed by atoms with Gasteiger partial charge in [-0.3, -0.25) is 0 Å². The van der Waals surface area contributed by atoms with Crippen molar-refractivity contribution in [2.45, 2.75) is 37.8 Å². The third-order valence-electron chi connectivity index (χ3n) is 3.81. The van der Waals surface area contributed by atoms with Crippen LogP contribution in [-0.2, 0) is 0 Å². The van der Waals surface area contributed by atoms with Crippen LogP contribution in [0.3, 0.4) is 0 Å². The van der Waals surface area contributed by atoms with E-state index in [2.05, 4.69) is 25.8 Å². The number of nitrogens with zero attached hydrogens (tertiary/aromatic N) is 3. The van der Waals surface area contributed by atoms with Crippen molar-refractivity contribution in [1.29, 1.82) is 0 Å². The molecule has 0 spiro atoms. The van der Waals surface area contributed by atoms with Crippen LogP contribution in [0.4, 0.5) is 21.8 Å². The van der Waals surface area contributed by atoms with E-state index in [-0.39, 0.29) is 17.9 Å². The molecule has 0 unspecified atom stereocenters. The molecule has 1 aromatic carbocycles. The van der Waals surface area contributed by atoms with E-state index < -0.39 is 0 Å². The number of benzene rings is 1. The lowest BCUT2D eigenvalue weighted by molar-refractivity contribution is 0.402. The Kier molecular flexibility index (Phi) is 4.43. The largest absolute Gasteiger partial charge is 0.349 e. The van der Waals surface area contributed by atoms with Crippen LogP contribution in [0.5, 0.6) is 0 Å². The van der Waals surface area contributed by atoms with Crippen LogP contribution >= 0.6 is 0 Å². The second-order valence-electron chi connectivity index (χ2n) is 5.50. The molecule has 0 bridgehead atoms. The van der Waals surface area contributed by atoms with Gasteiger partial charge in [0.1, 0.15) is 5.82 Å². The molecule has 1 saturated carbocycles. The van der Waals surface area contributed by atoms with Gasteiger partial charge in [0.15, 0.2) is 5.82 Å². The molecule has 0 aliphatic heterocycles. The second kappa shape index (κ2) is 6.65. The first-order valence-corrected chi connectivity index (χ1v) is 7.45. The molecule has 4 N–H and O–H groups in total. The summed E-state index contributed by atoms with van der Waals surface area (Å²) in [7, 11) is 0. The van der Waals surface area contributed by atoms with Gasteiger partial charge < -0.3 is 16.4 Å². The number of nitrogens with one attached hydrogen (secondary N) is 2. The van der Waals surface area contributed by atoms with Crippen molar-refractivity contribution in [2.75, 3.05) is 10.6 Å². The molecule has 1 fully saturated rings. The minimum absolute atomic E-state index is 0.117. The minimum atomic E-state index is -0.278. The number of nitrogens with two attached hydrogens (primary N) is 1. The van der Waals surface area contributed by atoms with Crippen molar-refractivity contribution in [1.82, 2.24) is 15.2 Å². The highest BCUT2D eigenvalue weighted by molar-refractivity contribution is 5.55. The maximum atomic E-state index is 12.9. The van der Waals surface area contributed by atoms with Gasteiger partial charge in [-0.1, -0.05) is 12.8 Å². The zero-order valence-electron chi connectivity index (χ0n) is 12.2. The monoisotopic (exact) mass is 302 g/mol. The molecule has 2 aromatic rings. The number of hydrogen-bond acceptors (Lipinski definition) is 6. The molecule has 6 nitrogen and oxygen atoms in total. The molecule has 0 amide bonds. The average Bonchev–Trinajstić information content (AvgIpc) is 2.52. The van der Waals surface area contributed by atoms with Crippen LogP contribution in [0.15, 0.2) is 30.5 Å². The van der Waals surface area contributed by atoms with E-state index in [4.69, 9.17) is 5.73 Å². The van der Waals surface area contributed by atoms with Gasteiger partial charge in [0.2, 0.25) is 5.95 Å². The summed E-state index contributed by atoms with van der Waals surface area (Å²) < 4.78 is 12.9. The third-order valence-corrected chi connectivity index (χ3v) is 3.81. The van der Waals surface area contributed by atoms with E-state index in [0.717, 1.165) is 24.9 Å². The summed E-state index contributed by atoms with van der Waals surface area (Å²) in [6.07, 6.45) is 5.88. The van der Waals surface area contributed by atoms with Gasteiger partial charge in [-0.2, -0.15) is 10.1 Å². The summed E-state index contributed by atoms with van der Waals surface area (Å²) >= 11 is 0. The first kappa shape index (κ1) is 14.6. The molecule has 7 heteroatoms. The molecule has 3 rings (SSSR count). The highest BCUT2D eigenvalue weighted by Crippen LogP contribution is 2.20. The van der Waals surface area contributed by atoms with E-state index >= 15 is 0 Å². The van der Waals surface area contributed by atoms with Crippen molar-refractivity contribution >= 4 is 17.5 Å². The number of anilines is 3. The number of aromatic nitrogens is 3. The summed E-state index contributed by atoms with van der Waals surface area (Å²) in [5, 5.41) is 14.3. The van der Waals surface area contributed by atoms with Crippen molar-refractivity contribution in [2.24, 2.45) is 5.73 Å². The fraction of sp³-hybridized carbons (Fsp3) is 0.400. The molecule has 22 heavy (non-hydrogen) atoms. The normalized spacial score (nSPS) is 21.4. The summed E-state index contributed by atoms with van der Waals surface area (Å²) in [6.45, 7) is 0. The zero-order valence-corrected chi connectivity index (χ0v) is 12.2. The van der Waals surface area contributed by atoms with Crippen molar-refractivity contribution < 1.29 is 4.39 Å². The Labute approximate surface area is 128 Å². The van der Waals surface area contributed by atoms with E-state index in [1.54, 1.807) is 12.1 Å². The van der Waals surface area contributed by atoms with E-state index in [0.29, 0.717) is 11.8 Å². The molecule has 1 aliphatic rings. The molecule has 1 aromatic heterocycles. The lowest BCUT2D eigenvalue weighted by Gasteiger charge is -2.29. The molecule has 1 aliphatic carbocycles. The quantitative estimate of drug-likeness (QED) is 0.804. The lowest BCUT2D eigenvalue weighted by Crippen LogP contribution is -2.43. The predicted octanol–water partition coefficient (Wildman–Crippen LogP) is 2.44. The van der Waals surface area contributed by atoms with E-state index in [1.165, 1.54) is 24.8 Å². The van der Waals surface area contributed by atoms with Crippen LogP contribution in [0.1, 0.15) is 25.7 Å². The van der Waals surface area contributed by atoms with Gasteiger partial charge in [-0.05, 0) is 37.1 Å². The smallest absolute Gasteiger partial charge is 0.244 e. The maximum Gasteiger partial charge on any atom is 0.244 e. The van der Waals surface area contributed by atoms with Crippen molar-refractivity contribution in [3.63, 3.8) is 0 Å². The summed E-state index contributed by atoms with van der Waals surface area (Å²) in [5.41, 5.74) is 6.85. The van der Waals surface area contributed by atoms with Crippen LogP contribution < -0.4 is 16.4 Å². The molecular weight excluding hydrogens is 283 g/mol. The Morgan fingerprint density at radius 2 is 1.91 bits per heavy atom. The zero-order chi connectivity index (χ0) is 15.4. The number of halogens is 1. The Morgan fingerprint density at radius 1 is 1.14 bits per heavy atom. The first-order chi connectivity index (χ1) is 10.7. The Morgan fingerprint density at radius 3 is 2.68 bits per heavy atom. The highest BCUT2D eigenvalue weighted by Gasteiger charge is 2.22. The highest BCUT2D eigenvalue weighted by atomic mass is 19.1. The third kappa shape index (κ3) is 3.67. The Bertz CT molecular complexity index is 618. The second-order valence-corrected chi connectivity index (χ2v) is 5.50. The molecule has 0 radical (unpaired) electrons.